The number of ether oxygens (including phenoxy) is 1. The van der Waals surface area contributed by atoms with Crippen LogP contribution < -0.4 is 15.6 Å². The molecule has 2 heterocycles. The SMILES string of the molecule is CCn1nc(C)c2nnn(CC(=O)Nc3ccc(OC)cc3)c(=O)c21. The molecule has 3 rings (SSSR count). The molecule has 0 atom stereocenters. The monoisotopic (exact) mass is 342 g/mol. The number of nitrogens with one attached hydrogen (secondary N) is 1. The fourth-order valence-electron chi connectivity index (χ4n) is 2.51. The molecule has 130 valence electrons. The number of fused-ring (bicyclic) bond motifs is 1. The van der Waals surface area contributed by atoms with Crippen LogP contribution in [0.4, 0.5) is 5.69 Å². The lowest BCUT2D eigenvalue weighted by Gasteiger charge is -2.07. The minimum Gasteiger partial charge on any atom is -0.497 e. The number of hydrogen-bond acceptors (Lipinski definition) is 6. The average molecular weight is 342 g/mol. The van der Waals surface area contributed by atoms with Crippen molar-refractivity contribution in [3.63, 3.8) is 0 Å². The number of methoxy groups -OCH3 is 1. The van der Waals surface area contributed by atoms with E-state index in [4.69, 9.17) is 4.74 Å². The zero-order chi connectivity index (χ0) is 18.0. The van der Waals surface area contributed by atoms with Crippen LogP contribution >= 0.6 is 0 Å². The predicted octanol–water partition coefficient (Wildman–Crippen LogP) is 0.964. The van der Waals surface area contributed by atoms with Crippen molar-refractivity contribution in [3.8, 4) is 5.75 Å². The normalized spacial score (nSPS) is 10.8. The van der Waals surface area contributed by atoms with Crippen LogP contribution in [-0.4, -0.2) is 37.8 Å². The van der Waals surface area contributed by atoms with E-state index in [9.17, 15) is 9.59 Å². The molecule has 0 spiro atoms. The van der Waals surface area contributed by atoms with Crippen molar-refractivity contribution < 1.29 is 9.53 Å². The number of aromatic nitrogens is 5. The summed E-state index contributed by atoms with van der Waals surface area (Å²) in [4.78, 5) is 24.8. The van der Waals surface area contributed by atoms with Crippen molar-refractivity contribution in [2.75, 3.05) is 12.4 Å². The first-order chi connectivity index (χ1) is 12.0. The van der Waals surface area contributed by atoms with Gasteiger partial charge in [0.2, 0.25) is 5.91 Å². The zero-order valence-corrected chi connectivity index (χ0v) is 14.2. The van der Waals surface area contributed by atoms with Gasteiger partial charge in [0.05, 0.1) is 12.8 Å². The van der Waals surface area contributed by atoms with Crippen LogP contribution in [0.2, 0.25) is 0 Å². The quantitative estimate of drug-likeness (QED) is 0.741. The fraction of sp³-hybridized carbons (Fsp3) is 0.312. The van der Waals surface area contributed by atoms with E-state index in [2.05, 4.69) is 20.7 Å². The summed E-state index contributed by atoms with van der Waals surface area (Å²) in [5.41, 5.74) is 1.65. The van der Waals surface area contributed by atoms with Crippen molar-refractivity contribution in [2.45, 2.75) is 26.9 Å². The van der Waals surface area contributed by atoms with E-state index in [1.807, 2.05) is 6.92 Å². The van der Waals surface area contributed by atoms with Gasteiger partial charge in [0.1, 0.15) is 17.8 Å². The molecule has 9 nitrogen and oxygen atoms in total. The lowest BCUT2D eigenvalue weighted by atomic mass is 10.3. The molecule has 1 amide bonds. The maximum atomic E-state index is 12.6. The topological polar surface area (TPSA) is 104 Å². The molecule has 3 aromatic rings. The van der Waals surface area contributed by atoms with E-state index < -0.39 is 5.56 Å². The van der Waals surface area contributed by atoms with Gasteiger partial charge >= 0.3 is 0 Å². The van der Waals surface area contributed by atoms with E-state index in [0.29, 0.717) is 34.7 Å². The van der Waals surface area contributed by atoms with Gasteiger partial charge < -0.3 is 10.1 Å². The second kappa shape index (κ2) is 6.71. The van der Waals surface area contributed by atoms with E-state index in [-0.39, 0.29) is 12.5 Å². The van der Waals surface area contributed by atoms with E-state index in [1.165, 1.54) is 0 Å². The Morgan fingerprint density at radius 2 is 1.96 bits per heavy atom. The molecule has 0 fully saturated rings. The van der Waals surface area contributed by atoms with Crippen LogP contribution in [0.5, 0.6) is 5.75 Å². The lowest BCUT2D eigenvalue weighted by molar-refractivity contribution is -0.117. The number of benzene rings is 1. The molecule has 1 aromatic carbocycles. The highest BCUT2D eigenvalue weighted by Crippen LogP contribution is 2.15. The number of aryl methyl sites for hydroxylation is 2. The molecule has 0 saturated carbocycles. The summed E-state index contributed by atoms with van der Waals surface area (Å²) in [6.45, 7) is 3.95. The second-order valence-corrected chi connectivity index (χ2v) is 5.43. The summed E-state index contributed by atoms with van der Waals surface area (Å²) in [7, 11) is 1.57. The van der Waals surface area contributed by atoms with Gasteiger partial charge in [0.15, 0.2) is 5.52 Å². The molecular weight excluding hydrogens is 324 g/mol. The van der Waals surface area contributed by atoms with Gasteiger partial charge in [-0.25, -0.2) is 0 Å². The number of anilines is 1. The van der Waals surface area contributed by atoms with E-state index in [1.54, 1.807) is 43.0 Å². The Kier molecular flexibility index (Phi) is 4.46. The van der Waals surface area contributed by atoms with Gasteiger partial charge in [-0.05, 0) is 38.1 Å². The Hall–Kier alpha value is -3.23. The standard InChI is InChI=1S/C16H18N6O3/c1-4-21-15-14(10(2)19-21)18-20-22(16(15)24)9-13(23)17-11-5-7-12(25-3)8-6-11/h5-8H,4,9H2,1-3H3,(H,17,23). The molecule has 0 aliphatic rings. The first kappa shape index (κ1) is 16.6. The van der Waals surface area contributed by atoms with Crippen molar-refractivity contribution >= 4 is 22.6 Å². The molecule has 25 heavy (non-hydrogen) atoms. The highest BCUT2D eigenvalue weighted by atomic mass is 16.5. The van der Waals surface area contributed by atoms with Gasteiger partial charge in [-0.1, -0.05) is 5.21 Å². The Bertz CT molecular complexity index is 974. The van der Waals surface area contributed by atoms with E-state index >= 15 is 0 Å². The second-order valence-electron chi connectivity index (χ2n) is 5.43. The summed E-state index contributed by atoms with van der Waals surface area (Å²) in [5, 5.41) is 14.8. The van der Waals surface area contributed by atoms with Crippen LogP contribution in [0.1, 0.15) is 12.6 Å². The molecule has 2 aromatic heterocycles. The van der Waals surface area contributed by atoms with Crippen molar-refractivity contribution in [3.05, 3.63) is 40.3 Å². The maximum absolute atomic E-state index is 12.6. The average Bonchev–Trinajstić information content (AvgIpc) is 2.94. The summed E-state index contributed by atoms with van der Waals surface area (Å²) < 4.78 is 7.67. The number of rotatable bonds is 5. The van der Waals surface area contributed by atoms with Crippen molar-refractivity contribution in [1.29, 1.82) is 0 Å². The molecule has 9 heteroatoms. The number of nitrogens with zero attached hydrogens (tertiary/aromatic N) is 5. The van der Waals surface area contributed by atoms with Gasteiger partial charge in [-0.3, -0.25) is 14.3 Å². The molecule has 0 unspecified atom stereocenters. The smallest absolute Gasteiger partial charge is 0.296 e. The van der Waals surface area contributed by atoms with Crippen LogP contribution in [-0.2, 0) is 17.9 Å². The molecule has 0 aliphatic carbocycles. The first-order valence-electron chi connectivity index (χ1n) is 7.78. The first-order valence-corrected chi connectivity index (χ1v) is 7.78. The van der Waals surface area contributed by atoms with Crippen molar-refractivity contribution in [2.24, 2.45) is 0 Å². The van der Waals surface area contributed by atoms with Crippen molar-refractivity contribution in [1.82, 2.24) is 24.8 Å². The van der Waals surface area contributed by atoms with Crippen LogP contribution in [0.15, 0.2) is 29.1 Å². The highest BCUT2D eigenvalue weighted by Gasteiger charge is 2.16. The summed E-state index contributed by atoms with van der Waals surface area (Å²) in [6, 6.07) is 6.89. The lowest BCUT2D eigenvalue weighted by Crippen LogP contribution is -2.31. The Morgan fingerprint density at radius 1 is 1.24 bits per heavy atom. The Labute approximate surface area is 143 Å². The fourth-order valence-corrected chi connectivity index (χ4v) is 2.51. The molecule has 0 bridgehead atoms. The summed E-state index contributed by atoms with van der Waals surface area (Å²) in [6.07, 6.45) is 0. The van der Waals surface area contributed by atoms with Gasteiger partial charge in [-0.2, -0.15) is 9.78 Å². The number of carbonyl (C=O) groups excluding carboxylic acids is 1. The third-order valence-corrected chi connectivity index (χ3v) is 3.75. The molecule has 1 N–H and O–H groups in total. The minimum absolute atomic E-state index is 0.234. The summed E-state index contributed by atoms with van der Waals surface area (Å²) >= 11 is 0. The molecule has 0 radical (unpaired) electrons. The number of carbonyl (C=O) groups is 1. The minimum atomic E-state index is -0.391. The summed E-state index contributed by atoms with van der Waals surface area (Å²) in [5.74, 6) is 0.314. The van der Waals surface area contributed by atoms with Crippen LogP contribution in [0, 0.1) is 6.92 Å². The van der Waals surface area contributed by atoms with E-state index in [0.717, 1.165) is 4.68 Å². The Morgan fingerprint density at radius 3 is 2.60 bits per heavy atom. The third-order valence-electron chi connectivity index (χ3n) is 3.75. The Balaban J connectivity index is 1.83. The predicted molar refractivity (Wildman–Crippen MR) is 91.6 cm³/mol. The third kappa shape index (κ3) is 3.21. The highest BCUT2D eigenvalue weighted by molar-refractivity contribution is 5.90. The zero-order valence-electron chi connectivity index (χ0n) is 14.2. The van der Waals surface area contributed by atoms with Crippen LogP contribution in [0.25, 0.3) is 11.0 Å². The number of amides is 1. The molecular formula is C16H18N6O3. The largest absolute Gasteiger partial charge is 0.497 e. The van der Waals surface area contributed by atoms with Gasteiger partial charge in [0.25, 0.3) is 5.56 Å². The van der Waals surface area contributed by atoms with Gasteiger partial charge in [0, 0.05) is 12.2 Å². The van der Waals surface area contributed by atoms with Gasteiger partial charge in [-0.15, -0.1) is 5.10 Å². The maximum Gasteiger partial charge on any atom is 0.296 e. The molecule has 0 saturated heterocycles. The molecule has 0 aliphatic heterocycles. The number of hydrogen-bond donors (Lipinski definition) is 1. The van der Waals surface area contributed by atoms with Crippen LogP contribution in [0.3, 0.4) is 0 Å².